The third kappa shape index (κ3) is 2.53. The van der Waals surface area contributed by atoms with E-state index in [1.54, 1.807) is 0 Å². The lowest BCUT2D eigenvalue weighted by atomic mass is 10.1. The van der Waals surface area contributed by atoms with Gasteiger partial charge < -0.3 is 9.47 Å². The average molecular weight is 242 g/mol. The molecule has 0 radical (unpaired) electrons. The lowest BCUT2D eigenvalue weighted by molar-refractivity contribution is 0.567. The number of hydrogen-bond acceptors (Lipinski definition) is 3. The Morgan fingerprint density at radius 2 is 1.61 bits per heavy atom. The third-order valence-corrected chi connectivity index (χ3v) is 3.36. The summed E-state index contributed by atoms with van der Waals surface area (Å²) in [5, 5.41) is 0. The molecule has 4 heteroatoms. The number of piperidine rings is 1. The first kappa shape index (κ1) is 11.3. The largest absolute Gasteiger partial charge is 0.350 e. The molecule has 0 amide bonds. The summed E-state index contributed by atoms with van der Waals surface area (Å²) in [6, 6.07) is 4.06. The van der Waals surface area contributed by atoms with E-state index >= 15 is 0 Å². The zero-order valence-electron chi connectivity index (χ0n) is 10.5. The second kappa shape index (κ2) is 5.21. The monoisotopic (exact) mass is 242 g/mol. The van der Waals surface area contributed by atoms with E-state index in [0.717, 1.165) is 31.1 Å². The Balaban J connectivity index is 1.68. The summed E-state index contributed by atoms with van der Waals surface area (Å²) in [6.07, 6.45) is 11.8. The molecule has 94 valence electrons. The van der Waals surface area contributed by atoms with Crippen LogP contribution in [-0.4, -0.2) is 27.6 Å². The number of aromatic nitrogens is 3. The van der Waals surface area contributed by atoms with Crippen LogP contribution < -0.4 is 4.90 Å². The number of anilines is 1. The molecule has 0 unspecified atom stereocenters. The van der Waals surface area contributed by atoms with Crippen molar-refractivity contribution in [1.29, 1.82) is 0 Å². The van der Waals surface area contributed by atoms with Gasteiger partial charge in [0.25, 0.3) is 0 Å². The molecule has 0 saturated carbocycles. The number of rotatable bonds is 3. The Hall–Kier alpha value is -1.84. The van der Waals surface area contributed by atoms with Crippen molar-refractivity contribution in [1.82, 2.24) is 14.5 Å². The first-order chi connectivity index (χ1) is 8.92. The van der Waals surface area contributed by atoms with E-state index in [1.807, 2.05) is 24.5 Å². The van der Waals surface area contributed by atoms with Crippen LogP contribution in [0.5, 0.6) is 0 Å². The van der Waals surface area contributed by atoms with E-state index in [9.17, 15) is 0 Å². The van der Waals surface area contributed by atoms with Crippen LogP contribution >= 0.6 is 0 Å². The van der Waals surface area contributed by atoms with Crippen molar-refractivity contribution in [3.05, 3.63) is 42.5 Å². The van der Waals surface area contributed by atoms with E-state index in [-0.39, 0.29) is 0 Å². The first-order valence-corrected chi connectivity index (χ1v) is 6.58. The summed E-state index contributed by atoms with van der Waals surface area (Å²) in [5.74, 6) is 0.881. The van der Waals surface area contributed by atoms with Gasteiger partial charge in [0.15, 0.2) is 0 Å². The highest BCUT2D eigenvalue weighted by Crippen LogP contribution is 2.15. The quantitative estimate of drug-likeness (QED) is 0.828. The molecule has 1 aliphatic rings. The van der Waals surface area contributed by atoms with E-state index in [4.69, 9.17) is 0 Å². The fraction of sp³-hybridized carbons (Fsp3) is 0.429. The molecule has 1 aliphatic heterocycles. The highest BCUT2D eigenvalue weighted by Gasteiger charge is 2.12. The minimum atomic E-state index is 0.841. The standard InChI is InChI=1S/C14H18N4/c1-2-8-18(9-3-1)14-15-10-13(11-16-14)12-17-6-4-5-7-17/h4-7,10-11H,1-3,8-9,12H2. The molecule has 18 heavy (non-hydrogen) atoms. The van der Waals surface area contributed by atoms with E-state index in [0.29, 0.717) is 0 Å². The minimum absolute atomic E-state index is 0.841. The molecule has 1 saturated heterocycles. The maximum Gasteiger partial charge on any atom is 0.225 e. The van der Waals surface area contributed by atoms with Gasteiger partial charge in [-0.3, -0.25) is 0 Å². The van der Waals surface area contributed by atoms with Gasteiger partial charge in [-0.1, -0.05) is 0 Å². The van der Waals surface area contributed by atoms with E-state index in [2.05, 4.69) is 31.8 Å². The molecule has 2 aromatic heterocycles. The zero-order chi connectivity index (χ0) is 12.2. The van der Waals surface area contributed by atoms with Gasteiger partial charge in [-0.25, -0.2) is 9.97 Å². The van der Waals surface area contributed by atoms with Crippen molar-refractivity contribution in [2.45, 2.75) is 25.8 Å². The van der Waals surface area contributed by atoms with Crippen molar-refractivity contribution >= 4 is 5.95 Å². The lowest BCUT2D eigenvalue weighted by Crippen LogP contribution is -2.30. The second-order valence-electron chi connectivity index (χ2n) is 4.79. The Kier molecular flexibility index (Phi) is 3.26. The summed E-state index contributed by atoms with van der Waals surface area (Å²) in [5.41, 5.74) is 1.15. The summed E-state index contributed by atoms with van der Waals surface area (Å²) in [7, 11) is 0. The van der Waals surface area contributed by atoms with Crippen LogP contribution in [-0.2, 0) is 6.54 Å². The van der Waals surface area contributed by atoms with Gasteiger partial charge in [-0.2, -0.15) is 0 Å². The van der Waals surface area contributed by atoms with Crippen LogP contribution in [0.3, 0.4) is 0 Å². The Bertz CT molecular complexity index is 469. The molecule has 1 fully saturated rings. The average Bonchev–Trinajstić information content (AvgIpc) is 2.94. The van der Waals surface area contributed by atoms with Gasteiger partial charge in [-0.05, 0) is 31.4 Å². The molecule has 3 heterocycles. The van der Waals surface area contributed by atoms with E-state index < -0.39 is 0 Å². The lowest BCUT2D eigenvalue weighted by Gasteiger charge is -2.26. The zero-order valence-corrected chi connectivity index (χ0v) is 10.5. The smallest absolute Gasteiger partial charge is 0.225 e. The highest BCUT2D eigenvalue weighted by atomic mass is 15.2. The first-order valence-electron chi connectivity index (χ1n) is 6.58. The van der Waals surface area contributed by atoms with E-state index in [1.165, 1.54) is 19.3 Å². The molecule has 4 nitrogen and oxygen atoms in total. The molecule has 0 atom stereocenters. The molecule has 0 bridgehead atoms. The van der Waals surface area contributed by atoms with Crippen molar-refractivity contribution in [2.24, 2.45) is 0 Å². The summed E-state index contributed by atoms with van der Waals surface area (Å²) < 4.78 is 2.12. The Morgan fingerprint density at radius 3 is 2.28 bits per heavy atom. The van der Waals surface area contributed by atoms with Crippen molar-refractivity contribution < 1.29 is 0 Å². The van der Waals surface area contributed by atoms with Gasteiger partial charge in [0.2, 0.25) is 5.95 Å². The van der Waals surface area contributed by atoms with Crippen LogP contribution in [0.2, 0.25) is 0 Å². The maximum absolute atomic E-state index is 4.48. The summed E-state index contributed by atoms with van der Waals surface area (Å²) >= 11 is 0. The van der Waals surface area contributed by atoms with Crippen LogP contribution in [0.4, 0.5) is 5.95 Å². The SMILES string of the molecule is c1ccn(Cc2cnc(N3CCCCC3)nc2)c1. The minimum Gasteiger partial charge on any atom is -0.350 e. The van der Waals surface area contributed by atoms with Gasteiger partial charge in [0.05, 0.1) is 6.54 Å². The van der Waals surface area contributed by atoms with Crippen LogP contribution in [0, 0.1) is 0 Å². The highest BCUT2D eigenvalue weighted by molar-refractivity contribution is 5.30. The summed E-state index contributed by atoms with van der Waals surface area (Å²) in [6.45, 7) is 3.03. The van der Waals surface area contributed by atoms with Crippen LogP contribution in [0.15, 0.2) is 36.9 Å². The topological polar surface area (TPSA) is 34.0 Å². The fourth-order valence-electron chi connectivity index (χ4n) is 2.37. The van der Waals surface area contributed by atoms with Gasteiger partial charge >= 0.3 is 0 Å². The summed E-state index contributed by atoms with van der Waals surface area (Å²) in [4.78, 5) is 11.2. The molecule has 0 aromatic carbocycles. The molecule has 0 aliphatic carbocycles. The maximum atomic E-state index is 4.48. The third-order valence-electron chi connectivity index (χ3n) is 3.36. The number of hydrogen-bond donors (Lipinski definition) is 0. The molecule has 3 rings (SSSR count). The van der Waals surface area contributed by atoms with Crippen molar-refractivity contribution in [2.75, 3.05) is 18.0 Å². The normalized spacial score (nSPS) is 15.9. The molecular weight excluding hydrogens is 224 g/mol. The molecular formula is C14H18N4. The van der Waals surface area contributed by atoms with Gasteiger partial charge in [0, 0.05) is 43.4 Å². The Labute approximate surface area is 107 Å². The number of nitrogens with zero attached hydrogens (tertiary/aromatic N) is 4. The van der Waals surface area contributed by atoms with Gasteiger partial charge in [0.1, 0.15) is 0 Å². The predicted molar refractivity (Wildman–Crippen MR) is 71.6 cm³/mol. The van der Waals surface area contributed by atoms with Crippen LogP contribution in [0.1, 0.15) is 24.8 Å². The predicted octanol–water partition coefficient (Wildman–Crippen LogP) is 2.32. The second-order valence-corrected chi connectivity index (χ2v) is 4.79. The van der Waals surface area contributed by atoms with Crippen molar-refractivity contribution in [3.8, 4) is 0 Å². The Morgan fingerprint density at radius 1 is 0.944 bits per heavy atom. The fourth-order valence-corrected chi connectivity index (χ4v) is 2.37. The van der Waals surface area contributed by atoms with Gasteiger partial charge in [-0.15, -0.1) is 0 Å². The molecule has 0 N–H and O–H groups in total. The molecule has 0 spiro atoms. The molecule has 2 aromatic rings. The van der Waals surface area contributed by atoms with Crippen molar-refractivity contribution in [3.63, 3.8) is 0 Å². The van der Waals surface area contributed by atoms with Crippen LogP contribution in [0.25, 0.3) is 0 Å².